The van der Waals surface area contributed by atoms with Crippen molar-refractivity contribution in [2.24, 2.45) is 0 Å². The third kappa shape index (κ3) is 5.10. The molecule has 1 aromatic heterocycles. The van der Waals surface area contributed by atoms with E-state index >= 15 is 0 Å². The minimum absolute atomic E-state index is 0.161. The van der Waals surface area contributed by atoms with E-state index in [0.717, 1.165) is 11.3 Å². The molecule has 2 rings (SSSR count). The maximum Gasteiger partial charge on any atom is 0.257 e. The standard InChI is InChI=1S/C17H20FNO4/c1-11-9-15(12(2)23-11)16(20)7-8-19-17(21)10-22-14-5-3-13(18)4-6-14/h3-6,9,16,20H,7-8,10H2,1-2H3,(H,19,21). The highest BCUT2D eigenvalue weighted by molar-refractivity contribution is 5.77. The number of ether oxygens (including phenoxy) is 1. The summed E-state index contributed by atoms with van der Waals surface area (Å²) < 4.78 is 23.3. The Hall–Kier alpha value is -2.34. The minimum Gasteiger partial charge on any atom is -0.484 e. The molecule has 23 heavy (non-hydrogen) atoms. The van der Waals surface area contributed by atoms with Crippen molar-refractivity contribution in [3.63, 3.8) is 0 Å². The SMILES string of the molecule is Cc1cc(C(O)CCNC(=O)COc2ccc(F)cc2)c(C)o1. The fourth-order valence-electron chi connectivity index (χ4n) is 2.22. The highest BCUT2D eigenvalue weighted by Crippen LogP contribution is 2.23. The smallest absolute Gasteiger partial charge is 0.257 e. The first-order valence-electron chi connectivity index (χ1n) is 7.36. The summed E-state index contributed by atoms with van der Waals surface area (Å²) in [5.41, 5.74) is 0.735. The number of furan rings is 1. The molecule has 1 atom stereocenters. The fourth-order valence-corrected chi connectivity index (χ4v) is 2.22. The van der Waals surface area contributed by atoms with E-state index in [1.165, 1.54) is 24.3 Å². The summed E-state index contributed by atoms with van der Waals surface area (Å²) in [5.74, 6) is 1.18. The lowest BCUT2D eigenvalue weighted by Crippen LogP contribution is -2.30. The number of carbonyl (C=O) groups excluding carboxylic acids is 1. The van der Waals surface area contributed by atoms with Gasteiger partial charge in [0.05, 0.1) is 6.10 Å². The molecule has 2 aromatic rings. The lowest BCUT2D eigenvalue weighted by Gasteiger charge is -2.11. The van der Waals surface area contributed by atoms with Crippen molar-refractivity contribution >= 4 is 5.91 Å². The van der Waals surface area contributed by atoms with Crippen molar-refractivity contribution in [2.45, 2.75) is 26.4 Å². The average molecular weight is 321 g/mol. The molecule has 124 valence electrons. The van der Waals surface area contributed by atoms with Crippen molar-refractivity contribution in [2.75, 3.05) is 13.2 Å². The van der Waals surface area contributed by atoms with Gasteiger partial charge in [-0.2, -0.15) is 0 Å². The number of amides is 1. The van der Waals surface area contributed by atoms with Crippen molar-refractivity contribution in [1.29, 1.82) is 0 Å². The van der Waals surface area contributed by atoms with Crippen LogP contribution in [0.2, 0.25) is 0 Å². The second-order valence-corrected chi connectivity index (χ2v) is 5.27. The molecule has 0 saturated carbocycles. The molecule has 0 aliphatic rings. The Morgan fingerprint density at radius 1 is 1.35 bits per heavy atom. The van der Waals surface area contributed by atoms with Crippen molar-refractivity contribution < 1.29 is 23.4 Å². The molecule has 0 spiro atoms. The van der Waals surface area contributed by atoms with E-state index in [-0.39, 0.29) is 18.3 Å². The van der Waals surface area contributed by atoms with Crippen LogP contribution in [0.15, 0.2) is 34.7 Å². The Morgan fingerprint density at radius 3 is 2.65 bits per heavy atom. The maximum atomic E-state index is 12.7. The number of hydrogen-bond donors (Lipinski definition) is 2. The molecule has 6 heteroatoms. The van der Waals surface area contributed by atoms with Crippen LogP contribution in [-0.4, -0.2) is 24.2 Å². The number of halogens is 1. The Morgan fingerprint density at radius 2 is 2.04 bits per heavy atom. The van der Waals surface area contributed by atoms with Gasteiger partial charge in [-0.1, -0.05) is 0 Å². The third-order valence-corrected chi connectivity index (χ3v) is 3.36. The number of nitrogens with one attached hydrogen (secondary N) is 1. The Bertz CT molecular complexity index is 651. The van der Waals surface area contributed by atoms with E-state index in [9.17, 15) is 14.3 Å². The summed E-state index contributed by atoms with van der Waals surface area (Å²) in [4.78, 5) is 11.7. The molecule has 0 radical (unpaired) electrons. The largest absolute Gasteiger partial charge is 0.484 e. The number of carbonyl (C=O) groups is 1. The van der Waals surface area contributed by atoms with Crippen molar-refractivity contribution in [1.82, 2.24) is 5.32 Å². The number of hydrogen-bond acceptors (Lipinski definition) is 4. The molecule has 0 saturated heterocycles. The molecule has 0 bridgehead atoms. The summed E-state index contributed by atoms with van der Waals surface area (Å²) >= 11 is 0. The molecule has 2 N–H and O–H groups in total. The second-order valence-electron chi connectivity index (χ2n) is 5.27. The predicted molar refractivity (Wildman–Crippen MR) is 82.7 cm³/mol. The molecule has 1 aromatic carbocycles. The Kier molecular flexibility index (Phi) is 5.76. The summed E-state index contributed by atoms with van der Waals surface area (Å²) in [6, 6.07) is 7.23. The summed E-state index contributed by atoms with van der Waals surface area (Å²) in [5, 5.41) is 12.7. The van der Waals surface area contributed by atoms with Crippen LogP contribution in [0, 0.1) is 19.7 Å². The molecule has 1 heterocycles. The van der Waals surface area contributed by atoms with Crippen LogP contribution >= 0.6 is 0 Å². The molecule has 1 unspecified atom stereocenters. The van der Waals surface area contributed by atoms with E-state index in [1.807, 2.05) is 6.92 Å². The summed E-state index contributed by atoms with van der Waals surface area (Å²) in [6.45, 7) is 3.76. The molecule has 0 fully saturated rings. The lowest BCUT2D eigenvalue weighted by molar-refractivity contribution is -0.123. The third-order valence-electron chi connectivity index (χ3n) is 3.36. The number of rotatable bonds is 7. The average Bonchev–Trinajstić information content (AvgIpc) is 2.85. The van der Waals surface area contributed by atoms with Gasteiger partial charge in [0.25, 0.3) is 5.91 Å². The predicted octanol–water partition coefficient (Wildman–Crippen LogP) is 2.65. The van der Waals surface area contributed by atoms with Crippen LogP contribution < -0.4 is 10.1 Å². The van der Waals surface area contributed by atoms with Crippen LogP contribution in [0.4, 0.5) is 4.39 Å². The maximum absolute atomic E-state index is 12.7. The Labute approximate surface area is 134 Å². The highest BCUT2D eigenvalue weighted by atomic mass is 19.1. The number of aryl methyl sites for hydroxylation is 2. The van der Waals surface area contributed by atoms with Crippen molar-refractivity contribution in [3.8, 4) is 5.75 Å². The normalized spacial score (nSPS) is 12.0. The second kappa shape index (κ2) is 7.78. The van der Waals surface area contributed by atoms with Gasteiger partial charge in [0.2, 0.25) is 0 Å². The first kappa shape index (κ1) is 17.0. The summed E-state index contributed by atoms with van der Waals surface area (Å²) in [7, 11) is 0. The van der Waals surface area contributed by atoms with Gasteiger partial charge in [0.1, 0.15) is 23.1 Å². The van der Waals surface area contributed by atoms with E-state index in [2.05, 4.69) is 5.32 Å². The lowest BCUT2D eigenvalue weighted by atomic mass is 10.1. The van der Waals surface area contributed by atoms with Gasteiger partial charge < -0.3 is 19.6 Å². The van der Waals surface area contributed by atoms with E-state index in [0.29, 0.717) is 24.5 Å². The van der Waals surface area contributed by atoms with Crippen molar-refractivity contribution in [3.05, 3.63) is 53.2 Å². The molecule has 5 nitrogen and oxygen atoms in total. The van der Waals surface area contributed by atoms with Crippen LogP contribution in [-0.2, 0) is 4.79 Å². The molecular weight excluding hydrogens is 301 g/mol. The quantitative estimate of drug-likeness (QED) is 0.822. The van der Waals surface area contributed by atoms with Gasteiger partial charge in [-0.3, -0.25) is 4.79 Å². The van der Waals surface area contributed by atoms with Gasteiger partial charge >= 0.3 is 0 Å². The van der Waals surface area contributed by atoms with E-state index < -0.39 is 6.10 Å². The summed E-state index contributed by atoms with van der Waals surface area (Å²) in [6.07, 6.45) is -0.312. The number of benzene rings is 1. The first-order valence-corrected chi connectivity index (χ1v) is 7.36. The highest BCUT2D eigenvalue weighted by Gasteiger charge is 2.14. The van der Waals surface area contributed by atoms with Crippen LogP contribution in [0.3, 0.4) is 0 Å². The topological polar surface area (TPSA) is 71.7 Å². The first-order chi connectivity index (χ1) is 11.0. The van der Waals surface area contributed by atoms with Crippen LogP contribution in [0.25, 0.3) is 0 Å². The van der Waals surface area contributed by atoms with Gasteiger partial charge in [-0.25, -0.2) is 4.39 Å². The van der Waals surface area contributed by atoms with Crippen LogP contribution in [0.5, 0.6) is 5.75 Å². The van der Waals surface area contributed by atoms with Gasteiger partial charge in [-0.05, 0) is 50.6 Å². The fraction of sp³-hybridized carbons (Fsp3) is 0.353. The van der Waals surface area contributed by atoms with Gasteiger partial charge in [0.15, 0.2) is 6.61 Å². The number of aliphatic hydroxyl groups excluding tert-OH is 1. The Balaban J connectivity index is 1.70. The van der Waals surface area contributed by atoms with E-state index in [1.54, 1.807) is 13.0 Å². The zero-order chi connectivity index (χ0) is 16.8. The molecular formula is C17H20FNO4. The number of aliphatic hydroxyl groups is 1. The molecule has 0 aliphatic heterocycles. The van der Waals surface area contributed by atoms with E-state index in [4.69, 9.17) is 9.15 Å². The molecule has 1 amide bonds. The van der Waals surface area contributed by atoms with Gasteiger partial charge in [0, 0.05) is 12.1 Å². The molecule has 0 aliphatic carbocycles. The van der Waals surface area contributed by atoms with Gasteiger partial charge in [-0.15, -0.1) is 0 Å². The zero-order valence-corrected chi connectivity index (χ0v) is 13.1. The monoisotopic (exact) mass is 321 g/mol. The zero-order valence-electron chi connectivity index (χ0n) is 13.1. The minimum atomic E-state index is -0.689. The van der Waals surface area contributed by atoms with Crippen LogP contribution in [0.1, 0.15) is 29.6 Å².